The molecule has 2 atom stereocenters. The molecule has 2 aromatic heterocycles. The zero-order chi connectivity index (χ0) is 28.7. The van der Waals surface area contributed by atoms with E-state index >= 15 is 0 Å². The van der Waals surface area contributed by atoms with Gasteiger partial charge in [-0.05, 0) is 105 Å². The Labute approximate surface area is 259 Å². The van der Waals surface area contributed by atoms with Gasteiger partial charge in [-0.3, -0.25) is 0 Å². The molecule has 4 nitrogen and oxygen atoms in total. The lowest BCUT2D eigenvalue weighted by molar-refractivity contribution is 0.128. The molecular formula is C34H42ClN3OS2. The fourth-order valence-corrected chi connectivity index (χ4v) is 8.61. The molecule has 5 rings (SSSR count). The van der Waals surface area contributed by atoms with Crippen LogP contribution in [0.5, 0.6) is 0 Å². The van der Waals surface area contributed by atoms with Crippen molar-refractivity contribution in [2.75, 3.05) is 33.2 Å². The highest BCUT2D eigenvalue weighted by molar-refractivity contribution is 7.99. The first-order valence-electron chi connectivity index (χ1n) is 14.8. The average molecular weight is 608 g/mol. The third-order valence-electron chi connectivity index (χ3n) is 8.80. The molecule has 3 heterocycles. The van der Waals surface area contributed by atoms with E-state index in [1.165, 1.54) is 60.5 Å². The van der Waals surface area contributed by atoms with Crippen molar-refractivity contribution in [3.8, 4) is 10.6 Å². The molecular weight excluding hydrogens is 566 g/mol. The fraction of sp³-hybridized carbons (Fsp3) is 0.441. The van der Waals surface area contributed by atoms with E-state index in [1.54, 1.807) is 29.5 Å². The van der Waals surface area contributed by atoms with Gasteiger partial charge in [0.2, 0.25) is 0 Å². The second kappa shape index (κ2) is 14.4. The summed E-state index contributed by atoms with van der Waals surface area (Å²) in [4.78, 5) is 3.83. The summed E-state index contributed by atoms with van der Waals surface area (Å²) in [5, 5.41) is 4.90. The van der Waals surface area contributed by atoms with Crippen molar-refractivity contribution < 1.29 is 4.52 Å². The van der Waals surface area contributed by atoms with E-state index < -0.39 is 0 Å². The Balaban J connectivity index is 1.18. The maximum atomic E-state index is 6.52. The van der Waals surface area contributed by atoms with Crippen LogP contribution in [0, 0.1) is 11.8 Å². The van der Waals surface area contributed by atoms with Gasteiger partial charge in [0.15, 0.2) is 0 Å². The van der Waals surface area contributed by atoms with Crippen LogP contribution in [0.2, 0.25) is 5.02 Å². The lowest BCUT2D eigenvalue weighted by Crippen LogP contribution is -2.46. The standard InChI is InChI=1S/C34H42ClN3OS2/c1-26(24-38-20-17-28(18-21-38)12-7-11-27-9-5-4-6-10-27)34(2,29-13-8-14-30(35)23-29)25-37(3)41-33-16-15-32(40-33)31-19-22-39-36-31/h4-6,8-10,13-16,19,22-23,26,28H,7,11-12,17-18,20-21,24-25H2,1-3H3/t26?,34-/m0/s1. The predicted octanol–water partition coefficient (Wildman–Crippen LogP) is 9.32. The Hall–Kier alpha value is -2.09. The molecule has 0 saturated carbocycles. The topological polar surface area (TPSA) is 32.5 Å². The summed E-state index contributed by atoms with van der Waals surface area (Å²) in [5.41, 5.74) is 3.62. The van der Waals surface area contributed by atoms with E-state index in [-0.39, 0.29) is 5.41 Å². The number of piperidine rings is 1. The largest absolute Gasteiger partial charge is 0.364 e. The van der Waals surface area contributed by atoms with Crippen molar-refractivity contribution in [3.63, 3.8) is 0 Å². The highest BCUT2D eigenvalue weighted by Crippen LogP contribution is 2.40. The maximum absolute atomic E-state index is 6.52. The van der Waals surface area contributed by atoms with Crippen molar-refractivity contribution in [1.29, 1.82) is 0 Å². The lowest BCUT2D eigenvalue weighted by atomic mass is 9.72. The maximum Gasteiger partial charge on any atom is 0.124 e. The Morgan fingerprint density at radius 1 is 1.10 bits per heavy atom. The molecule has 4 aromatic rings. The molecule has 0 radical (unpaired) electrons. The minimum Gasteiger partial charge on any atom is -0.364 e. The minimum absolute atomic E-state index is 0.0502. The quantitative estimate of drug-likeness (QED) is 0.141. The summed E-state index contributed by atoms with van der Waals surface area (Å²) < 4.78 is 8.67. The van der Waals surface area contributed by atoms with Crippen LogP contribution in [0.3, 0.4) is 0 Å². The van der Waals surface area contributed by atoms with Gasteiger partial charge in [0.25, 0.3) is 0 Å². The Bertz CT molecular complexity index is 1340. The third-order valence-corrected chi connectivity index (χ3v) is 11.2. The zero-order valence-corrected chi connectivity index (χ0v) is 26.9. The second-order valence-corrected chi connectivity index (χ2v) is 14.9. The summed E-state index contributed by atoms with van der Waals surface area (Å²) in [5.74, 6) is 1.33. The fourth-order valence-electron chi connectivity index (χ4n) is 6.16. The summed E-state index contributed by atoms with van der Waals surface area (Å²) in [6, 6.07) is 25.7. The van der Waals surface area contributed by atoms with Crippen LogP contribution >= 0.6 is 34.9 Å². The van der Waals surface area contributed by atoms with Crippen molar-refractivity contribution in [2.45, 2.75) is 55.6 Å². The van der Waals surface area contributed by atoms with E-state index in [9.17, 15) is 0 Å². The van der Waals surface area contributed by atoms with Crippen LogP contribution in [0.15, 0.2) is 87.8 Å². The lowest BCUT2D eigenvalue weighted by Gasteiger charge is -2.42. The molecule has 2 aromatic carbocycles. The summed E-state index contributed by atoms with van der Waals surface area (Å²) in [6.07, 6.45) is 8.11. The Kier molecular flexibility index (Phi) is 10.7. The molecule has 1 saturated heterocycles. The number of benzene rings is 2. The number of aryl methyl sites for hydroxylation is 1. The monoisotopic (exact) mass is 607 g/mol. The number of likely N-dealkylation sites (tertiary alicyclic amines) is 1. The SMILES string of the molecule is CC(CN1CCC(CCCc2ccccc2)CC1)[C@](C)(CN(C)Sc1ccc(-c2ccon2)s1)c1cccc(Cl)c1. The van der Waals surface area contributed by atoms with Gasteiger partial charge in [0.05, 0.1) is 9.09 Å². The van der Waals surface area contributed by atoms with E-state index in [0.29, 0.717) is 5.92 Å². The molecule has 1 aliphatic heterocycles. The van der Waals surface area contributed by atoms with Gasteiger partial charge in [-0.2, -0.15) is 0 Å². The summed E-state index contributed by atoms with van der Waals surface area (Å²) in [7, 11) is 2.20. The number of likely N-dealkylation sites (N-methyl/N-ethyl adjacent to an activating group) is 1. The molecule has 1 fully saturated rings. The van der Waals surface area contributed by atoms with E-state index in [0.717, 1.165) is 34.6 Å². The van der Waals surface area contributed by atoms with Crippen LogP contribution in [-0.2, 0) is 11.8 Å². The van der Waals surface area contributed by atoms with Gasteiger partial charge in [-0.1, -0.05) is 79.5 Å². The van der Waals surface area contributed by atoms with Gasteiger partial charge in [0.1, 0.15) is 12.0 Å². The van der Waals surface area contributed by atoms with E-state index in [2.05, 4.69) is 95.9 Å². The number of hydrogen-bond acceptors (Lipinski definition) is 6. The average Bonchev–Trinajstić information content (AvgIpc) is 3.67. The van der Waals surface area contributed by atoms with Crippen molar-refractivity contribution in [2.24, 2.45) is 11.8 Å². The summed E-state index contributed by atoms with van der Waals surface area (Å²) >= 11 is 10.1. The van der Waals surface area contributed by atoms with Gasteiger partial charge in [-0.25, -0.2) is 4.31 Å². The first-order chi connectivity index (χ1) is 19.9. The van der Waals surface area contributed by atoms with Crippen LogP contribution < -0.4 is 0 Å². The third kappa shape index (κ3) is 8.26. The molecule has 0 spiro atoms. The van der Waals surface area contributed by atoms with Crippen LogP contribution in [0.4, 0.5) is 0 Å². The number of thiophene rings is 1. The first kappa shape index (κ1) is 30.4. The van der Waals surface area contributed by atoms with Gasteiger partial charge >= 0.3 is 0 Å². The molecule has 0 N–H and O–H groups in total. The molecule has 1 unspecified atom stereocenters. The van der Waals surface area contributed by atoms with Crippen LogP contribution in [-0.4, -0.2) is 47.6 Å². The predicted molar refractivity (Wildman–Crippen MR) is 175 cm³/mol. The smallest absolute Gasteiger partial charge is 0.124 e. The van der Waals surface area contributed by atoms with Crippen molar-refractivity contribution in [1.82, 2.24) is 14.4 Å². The second-order valence-electron chi connectivity index (χ2n) is 11.8. The minimum atomic E-state index is -0.0502. The molecule has 218 valence electrons. The van der Waals surface area contributed by atoms with Gasteiger partial charge in [-0.15, -0.1) is 11.3 Å². The van der Waals surface area contributed by atoms with Crippen molar-refractivity contribution in [3.05, 3.63) is 95.2 Å². The number of aromatic nitrogens is 1. The Morgan fingerprint density at radius 3 is 2.63 bits per heavy atom. The highest BCUT2D eigenvalue weighted by atomic mass is 35.5. The molecule has 0 aliphatic carbocycles. The molecule has 41 heavy (non-hydrogen) atoms. The molecule has 0 amide bonds. The summed E-state index contributed by atoms with van der Waals surface area (Å²) in [6.45, 7) is 9.29. The van der Waals surface area contributed by atoms with E-state index in [4.69, 9.17) is 16.1 Å². The van der Waals surface area contributed by atoms with Gasteiger partial charge in [0, 0.05) is 29.6 Å². The number of halogens is 1. The normalized spacial score (nSPS) is 17.1. The molecule has 1 aliphatic rings. The first-order valence-corrected chi connectivity index (χ1v) is 16.8. The number of rotatable bonds is 13. The van der Waals surface area contributed by atoms with Crippen LogP contribution in [0.25, 0.3) is 10.6 Å². The Morgan fingerprint density at radius 2 is 1.90 bits per heavy atom. The zero-order valence-electron chi connectivity index (χ0n) is 24.5. The van der Waals surface area contributed by atoms with Crippen LogP contribution in [0.1, 0.15) is 50.7 Å². The number of hydrogen-bond donors (Lipinski definition) is 0. The van der Waals surface area contributed by atoms with Crippen molar-refractivity contribution >= 4 is 34.9 Å². The molecule has 0 bridgehead atoms. The van der Waals surface area contributed by atoms with Gasteiger partial charge < -0.3 is 9.42 Å². The van der Waals surface area contributed by atoms with E-state index in [1.807, 2.05) is 12.1 Å². The highest BCUT2D eigenvalue weighted by Gasteiger charge is 2.36. The molecule has 7 heteroatoms. The number of nitrogens with zero attached hydrogens (tertiary/aromatic N) is 3.